The minimum Gasteiger partial charge on any atom is -0.481 e. The van der Waals surface area contributed by atoms with Gasteiger partial charge in [-0.05, 0) is 74.8 Å². The van der Waals surface area contributed by atoms with E-state index in [1.807, 2.05) is 41.8 Å². The van der Waals surface area contributed by atoms with Gasteiger partial charge in [0.25, 0.3) is 5.91 Å². The van der Waals surface area contributed by atoms with Gasteiger partial charge in [-0.3, -0.25) is 14.0 Å². The van der Waals surface area contributed by atoms with E-state index in [0.29, 0.717) is 47.2 Å². The lowest BCUT2D eigenvalue weighted by Crippen LogP contribution is -2.33. The van der Waals surface area contributed by atoms with Crippen LogP contribution in [0.2, 0.25) is 0 Å². The van der Waals surface area contributed by atoms with Crippen LogP contribution < -0.4 is 11.1 Å². The van der Waals surface area contributed by atoms with Gasteiger partial charge in [-0.1, -0.05) is 18.6 Å². The molecular weight excluding hydrogens is 480 g/mol. The molecule has 3 aromatic heterocycles. The van der Waals surface area contributed by atoms with Crippen molar-refractivity contribution in [2.24, 2.45) is 5.41 Å². The Bertz CT molecular complexity index is 1540. The van der Waals surface area contributed by atoms with Crippen LogP contribution in [0.5, 0.6) is 0 Å². The summed E-state index contributed by atoms with van der Waals surface area (Å²) in [7, 11) is 0. The number of carbonyl (C=O) groups is 2. The number of imidazole rings is 1. The second-order valence-electron chi connectivity index (χ2n) is 10.8. The first kappa shape index (κ1) is 24.1. The maximum Gasteiger partial charge on any atom is 0.309 e. The zero-order valence-corrected chi connectivity index (χ0v) is 21.2. The Morgan fingerprint density at radius 2 is 1.87 bits per heavy atom. The van der Waals surface area contributed by atoms with E-state index in [1.165, 1.54) is 18.4 Å². The third kappa shape index (κ3) is 4.38. The number of hydrogen-bond acceptors (Lipinski definition) is 6. The van der Waals surface area contributed by atoms with Gasteiger partial charge >= 0.3 is 5.97 Å². The SMILES string of the molecule is C[C@]1(C(=O)O)CCC[C@@H](c2nc(-c3ccc(C(=O)Nc4cc(C5CC5)ccn4)cc3)c3c(N)nccn23)C1. The largest absolute Gasteiger partial charge is 0.481 e. The number of hydrogen-bond donors (Lipinski definition) is 3. The lowest BCUT2D eigenvalue weighted by atomic mass is 9.70. The number of nitrogen functional groups attached to an aromatic ring is 1. The number of carbonyl (C=O) groups excluding carboxylic acids is 1. The quantitative estimate of drug-likeness (QED) is 0.322. The topological polar surface area (TPSA) is 135 Å². The molecule has 3 heterocycles. The Kier molecular flexibility index (Phi) is 5.86. The minimum absolute atomic E-state index is 0.0168. The number of aliphatic carboxylic acids is 1. The molecule has 0 radical (unpaired) electrons. The van der Waals surface area contributed by atoms with Crippen LogP contribution in [0.1, 0.15) is 79.0 Å². The van der Waals surface area contributed by atoms with Gasteiger partial charge in [0.15, 0.2) is 0 Å². The predicted octanol–water partition coefficient (Wildman–Crippen LogP) is 5.25. The van der Waals surface area contributed by atoms with Crippen LogP contribution in [0, 0.1) is 5.41 Å². The van der Waals surface area contributed by atoms with Crippen molar-refractivity contribution in [1.29, 1.82) is 0 Å². The Morgan fingerprint density at radius 1 is 1.08 bits per heavy atom. The van der Waals surface area contributed by atoms with Crippen molar-refractivity contribution in [1.82, 2.24) is 19.4 Å². The molecule has 6 rings (SSSR count). The zero-order valence-electron chi connectivity index (χ0n) is 21.2. The fourth-order valence-corrected chi connectivity index (χ4v) is 5.63. The highest BCUT2D eigenvalue weighted by atomic mass is 16.4. The van der Waals surface area contributed by atoms with Crippen molar-refractivity contribution in [2.75, 3.05) is 11.1 Å². The molecule has 0 unspecified atom stereocenters. The molecule has 4 N–H and O–H groups in total. The number of carboxylic acid groups (broad SMARTS) is 1. The lowest BCUT2D eigenvalue weighted by Gasteiger charge is -2.34. The molecule has 1 aromatic carbocycles. The fraction of sp³-hybridized carbons (Fsp3) is 0.345. The van der Waals surface area contributed by atoms with E-state index in [1.54, 1.807) is 24.5 Å². The van der Waals surface area contributed by atoms with E-state index in [9.17, 15) is 14.7 Å². The number of benzene rings is 1. The number of carboxylic acids is 1. The predicted molar refractivity (Wildman–Crippen MR) is 144 cm³/mol. The highest BCUT2D eigenvalue weighted by Gasteiger charge is 2.40. The van der Waals surface area contributed by atoms with Crippen molar-refractivity contribution in [3.8, 4) is 11.3 Å². The summed E-state index contributed by atoms with van der Waals surface area (Å²) in [5, 5.41) is 12.7. The smallest absolute Gasteiger partial charge is 0.309 e. The number of pyridine rings is 1. The normalized spacial score (nSPS) is 21.3. The number of anilines is 2. The maximum absolute atomic E-state index is 12.9. The van der Waals surface area contributed by atoms with Crippen LogP contribution in [0.25, 0.3) is 16.8 Å². The van der Waals surface area contributed by atoms with Gasteiger partial charge in [-0.25, -0.2) is 15.0 Å². The summed E-state index contributed by atoms with van der Waals surface area (Å²) in [5.41, 5.74) is 9.39. The van der Waals surface area contributed by atoms with Crippen molar-refractivity contribution in [2.45, 2.75) is 57.3 Å². The van der Waals surface area contributed by atoms with Gasteiger partial charge in [0.2, 0.25) is 0 Å². The van der Waals surface area contributed by atoms with E-state index in [4.69, 9.17) is 10.7 Å². The summed E-state index contributed by atoms with van der Waals surface area (Å²) in [6.45, 7) is 1.82. The third-order valence-corrected chi connectivity index (χ3v) is 7.96. The van der Waals surface area contributed by atoms with Gasteiger partial charge in [0.05, 0.1) is 5.41 Å². The number of nitrogens with zero attached hydrogens (tertiary/aromatic N) is 4. The summed E-state index contributed by atoms with van der Waals surface area (Å²) in [6, 6.07) is 11.2. The highest BCUT2D eigenvalue weighted by molar-refractivity contribution is 6.04. The first-order valence-electron chi connectivity index (χ1n) is 13.1. The van der Waals surface area contributed by atoms with Crippen LogP contribution in [0.3, 0.4) is 0 Å². The van der Waals surface area contributed by atoms with Gasteiger partial charge in [0.1, 0.15) is 28.7 Å². The number of fused-ring (bicyclic) bond motifs is 1. The first-order valence-corrected chi connectivity index (χ1v) is 13.1. The summed E-state index contributed by atoms with van der Waals surface area (Å²) in [5.74, 6) is 1.25. The molecule has 194 valence electrons. The summed E-state index contributed by atoms with van der Waals surface area (Å²) >= 11 is 0. The maximum atomic E-state index is 12.9. The lowest BCUT2D eigenvalue weighted by molar-refractivity contribution is -0.150. The summed E-state index contributed by atoms with van der Waals surface area (Å²) in [6.07, 6.45) is 10.4. The average Bonchev–Trinajstić information content (AvgIpc) is 3.69. The van der Waals surface area contributed by atoms with E-state index >= 15 is 0 Å². The minimum atomic E-state index is -0.782. The first-order chi connectivity index (χ1) is 18.3. The van der Waals surface area contributed by atoms with Gasteiger partial charge < -0.3 is 16.2 Å². The zero-order chi connectivity index (χ0) is 26.4. The van der Waals surface area contributed by atoms with E-state index in [0.717, 1.165) is 24.2 Å². The molecule has 2 atom stereocenters. The van der Waals surface area contributed by atoms with Crippen molar-refractivity contribution in [3.63, 3.8) is 0 Å². The molecule has 2 fully saturated rings. The average molecular weight is 511 g/mol. The van der Waals surface area contributed by atoms with E-state index in [2.05, 4.69) is 15.3 Å². The Morgan fingerprint density at radius 3 is 2.61 bits per heavy atom. The fourth-order valence-electron chi connectivity index (χ4n) is 5.63. The van der Waals surface area contributed by atoms with Crippen LogP contribution in [0.15, 0.2) is 55.0 Å². The highest BCUT2D eigenvalue weighted by Crippen LogP contribution is 2.45. The number of nitrogens with two attached hydrogens (primary N) is 1. The molecule has 1 amide bonds. The third-order valence-electron chi connectivity index (χ3n) is 7.96. The molecule has 2 aliphatic carbocycles. The Labute approximate surface area is 220 Å². The molecule has 0 bridgehead atoms. The second kappa shape index (κ2) is 9.24. The molecule has 0 aliphatic heterocycles. The number of amides is 1. The molecule has 9 nitrogen and oxygen atoms in total. The van der Waals surface area contributed by atoms with Gasteiger partial charge in [0, 0.05) is 35.6 Å². The van der Waals surface area contributed by atoms with Crippen molar-refractivity contribution in [3.05, 3.63) is 71.9 Å². The molecule has 0 saturated heterocycles. The number of nitrogens with one attached hydrogen (secondary N) is 1. The standard InChI is InChI=1S/C29H30N6O3/c1-29(28(37)38)11-2-3-21(16-29)26-34-23(24-25(30)32-13-14-35(24)26)18-6-8-19(9-7-18)27(36)33-22-15-20(10-12-31-22)17-4-5-17/h6-10,12-15,17,21H,2-5,11,16H2,1H3,(H2,30,32)(H,37,38)(H,31,33,36)/t21-,29+/m1/s1. The Balaban J connectivity index is 1.29. The molecule has 9 heteroatoms. The molecule has 2 aliphatic rings. The van der Waals surface area contributed by atoms with E-state index in [-0.39, 0.29) is 11.8 Å². The summed E-state index contributed by atoms with van der Waals surface area (Å²) in [4.78, 5) is 38.4. The van der Waals surface area contributed by atoms with Crippen LogP contribution in [0.4, 0.5) is 11.6 Å². The molecule has 2 saturated carbocycles. The summed E-state index contributed by atoms with van der Waals surface area (Å²) < 4.78 is 1.94. The molecule has 4 aromatic rings. The molecular formula is C29H30N6O3. The monoisotopic (exact) mass is 510 g/mol. The van der Waals surface area contributed by atoms with Crippen molar-refractivity contribution < 1.29 is 14.7 Å². The molecule has 38 heavy (non-hydrogen) atoms. The second-order valence-corrected chi connectivity index (χ2v) is 10.8. The number of rotatable bonds is 6. The van der Waals surface area contributed by atoms with Crippen LogP contribution in [-0.4, -0.2) is 36.3 Å². The van der Waals surface area contributed by atoms with E-state index < -0.39 is 11.4 Å². The van der Waals surface area contributed by atoms with Crippen molar-refractivity contribution >= 4 is 29.0 Å². The Hall–Kier alpha value is -4.27. The van der Waals surface area contributed by atoms with Crippen LogP contribution >= 0.6 is 0 Å². The van der Waals surface area contributed by atoms with Gasteiger partial charge in [-0.15, -0.1) is 0 Å². The van der Waals surface area contributed by atoms with Gasteiger partial charge in [-0.2, -0.15) is 0 Å². The molecule has 0 spiro atoms. The number of aromatic nitrogens is 4. The van der Waals surface area contributed by atoms with Crippen LogP contribution in [-0.2, 0) is 4.79 Å².